The van der Waals surface area contributed by atoms with Crippen LogP contribution in [0.2, 0.25) is 0 Å². The van der Waals surface area contributed by atoms with Gasteiger partial charge < -0.3 is 9.47 Å². The van der Waals surface area contributed by atoms with Crippen molar-refractivity contribution >= 4 is 5.97 Å². The molecule has 1 unspecified atom stereocenters. The first-order chi connectivity index (χ1) is 8.22. The molecule has 0 spiro atoms. The maximum atomic E-state index is 11.5. The highest BCUT2D eigenvalue weighted by Crippen LogP contribution is 2.33. The van der Waals surface area contributed by atoms with Gasteiger partial charge in [0.15, 0.2) is 0 Å². The van der Waals surface area contributed by atoms with Gasteiger partial charge in [-0.2, -0.15) is 0 Å². The zero-order chi connectivity index (χ0) is 12.3. The van der Waals surface area contributed by atoms with E-state index in [1.807, 2.05) is 37.3 Å². The summed E-state index contributed by atoms with van der Waals surface area (Å²) in [6, 6.07) is 10.1. The van der Waals surface area contributed by atoms with Crippen molar-refractivity contribution in [3.63, 3.8) is 0 Å². The van der Waals surface area contributed by atoms with E-state index in [2.05, 4.69) is 0 Å². The third kappa shape index (κ3) is 2.49. The van der Waals surface area contributed by atoms with Crippen LogP contribution in [-0.2, 0) is 14.3 Å². The number of hydrogen-bond acceptors (Lipinski definition) is 3. The summed E-state index contributed by atoms with van der Waals surface area (Å²) in [7, 11) is 1.39. The first-order valence-corrected chi connectivity index (χ1v) is 5.72. The number of hydrogen-bond donors (Lipinski definition) is 0. The van der Waals surface area contributed by atoms with E-state index in [4.69, 9.17) is 9.47 Å². The summed E-state index contributed by atoms with van der Waals surface area (Å²) in [6.45, 7) is 1.82. The van der Waals surface area contributed by atoms with Gasteiger partial charge in [-0.3, -0.25) is 0 Å². The molecule has 1 atom stereocenters. The molecular formula is C14H16O3. The van der Waals surface area contributed by atoms with Crippen LogP contribution in [-0.4, -0.2) is 13.1 Å². The van der Waals surface area contributed by atoms with Crippen molar-refractivity contribution in [1.29, 1.82) is 0 Å². The smallest absolute Gasteiger partial charge is 0.337 e. The van der Waals surface area contributed by atoms with Gasteiger partial charge in [0.1, 0.15) is 11.9 Å². The summed E-state index contributed by atoms with van der Waals surface area (Å²) in [5, 5.41) is 0. The van der Waals surface area contributed by atoms with E-state index in [0.717, 1.165) is 12.0 Å². The Bertz CT molecular complexity index is 434. The lowest BCUT2D eigenvalue weighted by Crippen LogP contribution is -2.16. The Morgan fingerprint density at radius 1 is 1.35 bits per heavy atom. The zero-order valence-electron chi connectivity index (χ0n) is 10.1. The zero-order valence-corrected chi connectivity index (χ0v) is 10.1. The van der Waals surface area contributed by atoms with E-state index in [1.54, 1.807) is 0 Å². The lowest BCUT2D eigenvalue weighted by Gasteiger charge is -2.26. The lowest BCUT2D eigenvalue weighted by atomic mass is 9.98. The molecule has 1 aliphatic rings. The normalized spacial score (nSPS) is 19.8. The van der Waals surface area contributed by atoms with Crippen LogP contribution in [0, 0.1) is 0 Å². The highest BCUT2D eigenvalue weighted by molar-refractivity contribution is 5.88. The summed E-state index contributed by atoms with van der Waals surface area (Å²) in [5.41, 5.74) is 1.80. The second-order valence-electron chi connectivity index (χ2n) is 4.08. The predicted octanol–water partition coefficient (Wildman–Crippen LogP) is 2.99. The summed E-state index contributed by atoms with van der Waals surface area (Å²) in [6.07, 6.45) is 1.56. The number of benzene rings is 1. The average molecular weight is 232 g/mol. The van der Waals surface area contributed by atoms with Crippen LogP contribution in [0.3, 0.4) is 0 Å². The van der Waals surface area contributed by atoms with Gasteiger partial charge >= 0.3 is 5.97 Å². The molecule has 1 heterocycles. The molecule has 0 saturated heterocycles. The molecule has 1 aromatic carbocycles. The van der Waals surface area contributed by atoms with Crippen LogP contribution in [0.1, 0.15) is 31.4 Å². The molecule has 1 aliphatic heterocycles. The van der Waals surface area contributed by atoms with Crippen LogP contribution >= 0.6 is 0 Å². The van der Waals surface area contributed by atoms with Crippen LogP contribution < -0.4 is 0 Å². The second-order valence-corrected chi connectivity index (χ2v) is 4.08. The minimum absolute atomic E-state index is 0.0459. The molecule has 0 radical (unpaired) electrons. The number of rotatable bonds is 2. The Balaban J connectivity index is 2.15. The molecule has 0 N–H and O–H groups in total. The van der Waals surface area contributed by atoms with E-state index in [1.165, 1.54) is 7.11 Å². The Labute approximate surface area is 101 Å². The van der Waals surface area contributed by atoms with Gasteiger partial charge in [-0.1, -0.05) is 30.3 Å². The molecule has 0 bridgehead atoms. The number of carbonyl (C=O) groups is 1. The highest BCUT2D eigenvalue weighted by atomic mass is 16.5. The SMILES string of the molecule is COC(=O)C1=C(C)OC(c2ccccc2)CC1. The van der Waals surface area contributed by atoms with Gasteiger partial charge in [-0.05, 0) is 25.3 Å². The van der Waals surface area contributed by atoms with E-state index in [-0.39, 0.29) is 12.1 Å². The predicted molar refractivity (Wildman–Crippen MR) is 64.2 cm³/mol. The molecule has 0 saturated carbocycles. The lowest BCUT2D eigenvalue weighted by molar-refractivity contribution is -0.137. The van der Waals surface area contributed by atoms with Crippen LogP contribution in [0.25, 0.3) is 0 Å². The maximum Gasteiger partial charge on any atom is 0.337 e. The van der Waals surface area contributed by atoms with Crippen molar-refractivity contribution in [1.82, 2.24) is 0 Å². The average Bonchev–Trinajstić information content (AvgIpc) is 2.39. The molecule has 17 heavy (non-hydrogen) atoms. The van der Waals surface area contributed by atoms with Crippen molar-refractivity contribution in [2.24, 2.45) is 0 Å². The highest BCUT2D eigenvalue weighted by Gasteiger charge is 2.25. The van der Waals surface area contributed by atoms with E-state index in [9.17, 15) is 4.79 Å². The summed E-state index contributed by atoms with van der Waals surface area (Å²) in [5.74, 6) is 0.394. The number of methoxy groups -OCH3 is 1. The molecule has 0 aromatic heterocycles. The quantitative estimate of drug-likeness (QED) is 0.735. The Hall–Kier alpha value is -1.77. The molecule has 3 nitrogen and oxygen atoms in total. The van der Waals surface area contributed by atoms with Gasteiger partial charge in [0.25, 0.3) is 0 Å². The third-order valence-electron chi connectivity index (χ3n) is 3.00. The van der Waals surface area contributed by atoms with Crippen molar-refractivity contribution in [2.75, 3.05) is 7.11 Å². The molecule has 0 amide bonds. The minimum atomic E-state index is -0.283. The Morgan fingerprint density at radius 2 is 2.06 bits per heavy atom. The fourth-order valence-corrected chi connectivity index (χ4v) is 2.07. The van der Waals surface area contributed by atoms with Crippen molar-refractivity contribution in [3.8, 4) is 0 Å². The van der Waals surface area contributed by atoms with Gasteiger partial charge in [-0.25, -0.2) is 4.79 Å². The summed E-state index contributed by atoms with van der Waals surface area (Å²) in [4.78, 5) is 11.5. The Morgan fingerprint density at radius 3 is 2.65 bits per heavy atom. The number of allylic oxidation sites excluding steroid dienone is 1. The standard InChI is InChI=1S/C14H16O3/c1-10-12(14(15)16-2)8-9-13(17-10)11-6-4-3-5-7-11/h3-7,13H,8-9H2,1-2H3. The van der Waals surface area contributed by atoms with Crippen LogP contribution in [0.5, 0.6) is 0 Å². The first kappa shape index (κ1) is 11.7. The van der Waals surface area contributed by atoms with Gasteiger partial charge in [0, 0.05) is 0 Å². The minimum Gasteiger partial charge on any atom is -0.490 e. The largest absolute Gasteiger partial charge is 0.490 e. The molecule has 90 valence electrons. The van der Waals surface area contributed by atoms with E-state index in [0.29, 0.717) is 17.8 Å². The van der Waals surface area contributed by atoms with Crippen LogP contribution in [0.15, 0.2) is 41.7 Å². The van der Waals surface area contributed by atoms with Crippen LogP contribution in [0.4, 0.5) is 0 Å². The summed E-state index contributed by atoms with van der Waals surface area (Å²) >= 11 is 0. The molecule has 0 aliphatic carbocycles. The number of esters is 1. The molecule has 1 aromatic rings. The fraction of sp³-hybridized carbons (Fsp3) is 0.357. The molecule has 2 rings (SSSR count). The monoisotopic (exact) mass is 232 g/mol. The maximum absolute atomic E-state index is 11.5. The Kier molecular flexibility index (Phi) is 3.47. The van der Waals surface area contributed by atoms with Crippen molar-refractivity contribution in [3.05, 3.63) is 47.2 Å². The second kappa shape index (κ2) is 5.04. The van der Waals surface area contributed by atoms with E-state index >= 15 is 0 Å². The summed E-state index contributed by atoms with van der Waals surface area (Å²) < 4.78 is 10.5. The molecule has 3 heteroatoms. The number of ether oxygens (including phenoxy) is 2. The topological polar surface area (TPSA) is 35.5 Å². The van der Waals surface area contributed by atoms with Gasteiger partial charge in [0.05, 0.1) is 12.7 Å². The van der Waals surface area contributed by atoms with Crippen molar-refractivity contribution in [2.45, 2.75) is 25.9 Å². The first-order valence-electron chi connectivity index (χ1n) is 5.72. The molecule has 0 fully saturated rings. The van der Waals surface area contributed by atoms with E-state index < -0.39 is 0 Å². The van der Waals surface area contributed by atoms with Gasteiger partial charge in [-0.15, -0.1) is 0 Å². The fourth-order valence-electron chi connectivity index (χ4n) is 2.07. The third-order valence-corrected chi connectivity index (χ3v) is 3.00. The van der Waals surface area contributed by atoms with Gasteiger partial charge in [0.2, 0.25) is 0 Å². The van der Waals surface area contributed by atoms with Crippen molar-refractivity contribution < 1.29 is 14.3 Å². The number of carbonyl (C=O) groups excluding carboxylic acids is 1. The molecular weight excluding hydrogens is 216 g/mol.